The van der Waals surface area contributed by atoms with E-state index in [1.807, 2.05) is 0 Å². The maximum absolute atomic E-state index is 12.5. The van der Waals surface area contributed by atoms with Crippen molar-refractivity contribution in [2.24, 2.45) is 0 Å². The summed E-state index contributed by atoms with van der Waals surface area (Å²) in [7, 11) is 0. The molecule has 2 aromatic rings. The van der Waals surface area contributed by atoms with Crippen LogP contribution in [0, 0.1) is 5.82 Å². The number of aromatic nitrogens is 4. The number of nitrogens with zero attached hydrogens (tertiary/aromatic N) is 4. The summed E-state index contributed by atoms with van der Waals surface area (Å²) >= 11 is 0. The SMILES string of the molecule is Fc1ccc(Cn2cnnn2)cc1. The molecule has 0 N–H and O–H groups in total. The minimum Gasteiger partial charge on any atom is -0.228 e. The second-order valence-corrected chi connectivity index (χ2v) is 2.63. The standard InChI is InChI=1S/C8H7FN4/c9-8-3-1-7(2-4-8)5-13-6-10-11-12-13/h1-4,6H,5H2. The van der Waals surface area contributed by atoms with Crippen LogP contribution in [0.25, 0.3) is 0 Å². The number of tetrazole rings is 1. The maximum Gasteiger partial charge on any atom is 0.138 e. The van der Waals surface area contributed by atoms with Crippen LogP contribution in [0.1, 0.15) is 5.56 Å². The van der Waals surface area contributed by atoms with E-state index in [1.165, 1.54) is 18.5 Å². The van der Waals surface area contributed by atoms with Crippen molar-refractivity contribution in [3.63, 3.8) is 0 Å². The fourth-order valence-electron chi connectivity index (χ4n) is 1.03. The first-order valence-electron chi connectivity index (χ1n) is 3.80. The molecule has 0 unspecified atom stereocenters. The summed E-state index contributed by atoms with van der Waals surface area (Å²) in [5.41, 5.74) is 0.966. The summed E-state index contributed by atoms with van der Waals surface area (Å²) in [5.74, 6) is -0.236. The maximum atomic E-state index is 12.5. The molecule has 1 heterocycles. The summed E-state index contributed by atoms with van der Waals surface area (Å²) in [6, 6.07) is 6.24. The quantitative estimate of drug-likeness (QED) is 0.685. The zero-order valence-corrected chi connectivity index (χ0v) is 6.76. The first kappa shape index (κ1) is 7.85. The average Bonchev–Trinajstić information content (AvgIpc) is 2.62. The fourth-order valence-corrected chi connectivity index (χ4v) is 1.03. The van der Waals surface area contributed by atoms with Crippen molar-refractivity contribution in [2.45, 2.75) is 6.54 Å². The summed E-state index contributed by atoms with van der Waals surface area (Å²) in [5, 5.41) is 10.7. The largest absolute Gasteiger partial charge is 0.228 e. The molecule has 0 aliphatic heterocycles. The highest BCUT2D eigenvalue weighted by molar-refractivity contribution is 5.15. The lowest BCUT2D eigenvalue weighted by atomic mass is 10.2. The van der Waals surface area contributed by atoms with E-state index in [4.69, 9.17) is 0 Å². The van der Waals surface area contributed by atoms with Crippen LogP contribution in [0.3, 0.4) is 0 Å². The number of halogens is 1. The third-order valence-corrected chi connectivity index (χ3v) is 1.65. The van der Waals surface area contributed by atoms with Gasteiger partial charge in [0.05, 0.1) is 6.54 Å². The van der Waals surface area contributed by atoms with Crippen LogP contribution in [0.5, 0.6) is 0 Å². The third kappa shape index (κ3) is 1.87. The normalized spacial score (nSPS) is 10.2. The Morgan fingerprint density at radius 3 is 2.62 bits per heavy atom. The number of rotatable bonds is 2. The molecule has 2 rings (SSSR count). The van der Waals surface area contributed by atoms with Crippen molar-refractivity contribution in [1.29, 1.82) is 0 Å². The lowest BCUT2D eigenvalue weighted by molar-refractivity contribution is 0.621. The van der Waals surface area contributed by atoms with E-state index >= 15 is 0 Å². The van der Waals surface area contributed by atoms with Crippen molar-refractivity contribution in [3.05, 3.63) is 42.0 Å². The van der Waals surface area contributed by atoms with E-state index in [0.717, 1.165) is 5.56 Å². The highest BCUT2D eigenvalue weighted by Crippen LogP contribution is 2.03. The summed E-state index contributed by atoms with van der Waals surface area (Å²) in [4.78, 5) is 0. The lowest BCUT2D eigenvalue weighted by Gasteiger charge is -1.98. The Labute approximate surface area is 74.0 Å². The molecule has 0 saturated heterocycles. The number of hydrogen-bond donors (Lipinski definition) is 0. The molecule has 0 fully saturated rings. The van der Waals surface area contributed by atoms with Gasteiger partial charge >= 0.3 is 0 Å². The molecule has 0 spiro atoms. The second-order valence-electron chi connectivity index (χ2n) is 2.63. The van der Waals surface area contributed by atoms with Crippen molar-refractivity contribution in [1.82, 2.24) is 20.2 Å². The lowest BCUT2D eigenvalue weighted by Crippen LogP contribution is -2.00. The van der Waals surface area contributed by atoms with E-state index in [1.54, 1.807) is 16.8 Å². The van der Waals surface area contributed by atoms with E-state index in [9.17, 15) is 4.39 Å². The van der Waals surface area contributed by atoms with E-state index in [2.05, 4.69) is 15.5 Å². The smallest absolute Gasteiger partial charge is 0.138 e. The second kappa shape index (κ2) is 3.30. The molecule has 1 aromatic carbocycles. The van der Waals surface area contributed by atoms with E-state index in [0.29, 0.717) is 6.54 Å². The Hall–Kier alpha value is -1.78. The molecule has 66 valence electrons. The fraction of sp³-hybridized carbons (Fsp3) is 0.125. The molecule has 0 aliphatic carbocycles. The Bertz CT molecular complexity index is 368. The van der Waals surface area contributed by atoms with Crippen LogP contribution in [0.15, 0.2) is 30.6 Å². The number of hydrogen-bond acceptors (Lipinski definition) is 3. The van der Waals surface area contributed by atoms with Crippen LogP contribution >= 0.6 is 0 Å². The van der Waals surface area contributed by atoms with Gasteiger partial charge in [-0.15, -0.1) is 5.10 Å². The Morgan fingerprint density at radius 1 is 1.23 bits per heavy atom. The highest BCUT2D eigenvalue weighted by atomic mass is 19.1. The molecule has 13 heavy (non-hydrogen) atoms. The van der Waals surface area contributed by atoms with Gasteiger partial charge in [0.1, 0.15) is 12.1 Å². The zero-order chi connectivity index (χ0) is 9.10. The van der Waals surface area contributed by atoms with Gasteiger partial charge in [-0.1, -0.05) is 12.1 Å². The molecule has 0 atom stereocenters. The zero-order valence-electron chi connectivity index (χ0n) is 6.76. The van der Waals surface area contributed by atoms with Crippen LogP contribution in [-0.2, 0) is 6.54 Å². The molecule has 5 heteroatoms. The van der Waals surface area contributed by atoms with Gasteiger partial charge in [0, 0.05) is 0 Å². The molecule has 0 aliphatic rings. The molecule has 1 aromatic heterocycles. The first-order valence-corrected chi connectivity index (χ1v) is 3.80. The molecule has 0 radical (unpaired) electrons. The Kier molecular flexibility index (Phi) is 1.99. The highest BCUT2D eigenvalue weighted by Gasteiger charge is 1.96. The van der Waals surface area contributed by atoms with E-state index in [-0.39, 0.29) is 5.82 Å². The first-order chi connectivity index (χ1) is 6.34. The van der Waals surface area contributed by atoms with Crippen LogP contribution in [0.2, 0.25) is 0 Å². The molecular formula is C8H7FN4. The monoisotopic (exact) mass is 178 g/mol. The predicted octanol–water partition coefficient (Wildman–Crippen LogP) is 0.860. The van der Waals surface area contributed by atoms with Gasteiger partial charge in [0.25, 0.3) is 0 Å². The summed E-state index contributed by atoms with van der Waals surface area (Å²) < 4.78 is 14.1. The van der Waals surface area contributed by atoms with Crippen molar-refractivity contribution in [2.75, 3.05) is 0 Å². The van der Waals surface area contributed by atoms with Crippen molar-refractivity contribution >= 4 is 0 Å². The van der Waals surface area contributed by atoms with Gasteiger partial charge in [-0.3, -0.25) is 0 Å². The third-order valence-electron chi connectivity index (χ3n) is 1.65. The summed E-state index contributed by atoms with van der Waals surface area (Å²) in [6.07, 6.45) is 1.52. The molecule has 0 saturated carbocycles. The van der Waals surface area contributed by atoms with Gasteiger partial charge < -0.3 is 0 Å². The minimum absolute atomic E-state index is 0.236. The molecule has 4 nitrogen and oxygen atoms in total. The average molecular weight is 178 g/mol. The van der Waals surface area contributed by atoms with Crippen molar-refractivity contribution < 1.29 is 4.39 Å². The van der Waals surface area contributed by atoms with Gasteiger partial charge in [-0.25, -0.2) is 9.07 Å². The van der Waals surface area contributed by atoms with Crippen molar-refractivity contribution in [3.8, 4) is 0 Å². The Balaban J connectivity index is 2.15. The minimum atomic E-state index is -0.236. The molecule has 0 amide bonds. The van der Waals surface area contributed by atoms with Gasteiger partial charge in [-0.05, 0) is 28.1 Å². The van der Waals surface area contributed by atoms with Gasteiger partial charge in [0.2, 0.25) is 0 Å². The van der Waals surface area contributed by atoms with Gasteiger partial charge in [-0.2, -0.15) is 0 Å². The Morgan fingerprint density at radius 2 is 2.00 bits per heavy atom. The molecular weight excluding hydrogens is 171 g/mol. The van der Waals surface area contributed by atoms with Gasteiger partial charge in [0.15, 0.2) is 0 Å². The summed E-state index contributed by atoms with van der Waals surface area (Å²) in [6.45, 7) is 0.563. The van der Waals surface area contributed by atoms with Crippen LogP contribution in [-0.4, -0.2) is 20.2 Å². The van der Waals surface area contributed by atoms with Crippen LogP contribution in [0.4, 0.5) is 4.39 Å². The topological polar surface area (TPSA) is 43.6 Å². The molecule has 0 bridgehead atoms. The predicted molar refractivity (Wildman–Crippen MR) is 43.3 cm³/mol. The van der Waals surface area contributed by atoms with E-state index < -0.39 is 0 Å². The number of benzene rings is 1. The van der Waals surface area contributed by atoms with Crippen LogP contribution < -0.4 is 0 Å².